The molecule has 0 aliphatic carbocycles. The maximum absolute atomic E-state index is 12.6. The molecule has 2 N–H and O–H groups in total. The fourth-order valence-corrected chi connectivity index (χ4v) is 3.08. The Hall–Kier alpha value is -3.81. The first-order valence-electron chi connectivity index (χ1n) is 9.00. The predicted octanol–water partition coefficient (Wildman–Crippen LogP) is 5.52. The lowest BCUT2D eigenvalue weighted by Gasteiger charge is -2.09. The van der Waals surface area contributed by atoms with Crippen LogP contribution in [-0.4, -0.2) is 20.8 Å². The Labute approximate surface area is 169 Å². The number of aryl methyl sites for hydroxylation is 1. The number of alkyl halides is 3. The zero-order valence-corrected chi connectivity index (χ0v) is 15.7. The van der Waals surface area contributed by atoms with E-state index >= 15 is 0 Å². The van der Waals surface area contributed by atoms with Crippen molar-refractivity contribution in [2.75, 3.05) is 5.32 Å². The Morgan fingerprint density at radius 2 is 1.67 bits per heavy atom. The molecular formula is C22H16F3N3O2. The number of carbonyl (C=O) groups is 1. The molecule has 1 aromatic heterocycles. The fourth-order valence-electron chi connectivity index (χ4n) is 3.08. The molecule has 0 aliphatic rings. The van der Waals surface area contributed by atoms with Crippen molar-refractivity contribution in [1.29, 1.82) is 0 Å². The van der Waals surface area contributed by atoms with Crippen LogP contribution in [0.1, 0.15) is 21.5 Å². The molecule has 8 heteroatoms. The van der Waals surface area contributed by atoms with Crippen molar-refractivity contribution < 1.29 is 23.2 Å². The molecule has 0 aliphatic heterocycles. The Morgan fingerprint density at radius 3 is 2.30 bits per heavy atom. The van der Waals surface area contributed by atoms with Crippen molar-refractivity contribution in [3.63, 3.8) is 0 Å². The summed E-state index contributed by atoms with van der Waals surface area (Å²) >= 11 is 0. The molecule has 0 spiro atoms. The summed E-state index contributed by atoms with van der Waals surface area (Å²) in [5, 5.41) is 13.0. The Bertz CT molecular complexity index is 1230. The van der Waals surface area contributed by atoms with Gasteiger partial charge in [0.2, 0.25) is 0 Å². The molecule has 152 valence electrons. The van der Waals surface area contributed by atoms with E-state index in [1.165, 1.54) is 0 Å². The number of anilines is 1. The molecule has 4 rings (SSSR count). The van der Waals surface area contributed by atoms with Crippen LogP contribution < -0.4 is 5.32 Å². The molecule has 5 nitrogen and oxygen atoms in total. The van der Waals surface area contributed by atoms with Gasteiger partial charge in [-0.15, -0.1) is 0 Å². The van der Waals surface area contributed by atoms with Gasteiger partial charge in [-0.05, 0) is 73.2 Å². The van der Waals surface area contributed by atoms with E-state index in [1.807, 2.05) is 25.1 Å². The quantitative estimate of drug-likeness (QED) is 0.436. The van der Waals surface area contributed by atoms with Gasteiger partial charge >= 0.3 is 6.18 Å². The Balaban J connectivity index is 1.53. The highest BCUT2D eigenvalue weighted by Gasteiger charge is 2.30. The number of halogens is 3. The third-order valence-corrected chi connectivity index (χ3v) is 4.66. The number of nitrogens with zero attached hydrogens (tertiary/aromatic N) is 2. The normalized spacial score (nSPS) is 11.6. The lowest BCUT2D eigenvalue weighted by atomic mass is 10.1. The Kier molecular flexibility index (Phi) is 4.69. The molecule has 1 heterocycles. The van der Waals surface area contributed by atoms with Gasteiger partial charge in [-0.1, -0.05) is 6.07 Å². The maximum atomic E-state index is 12.6. The molecule has 0 unspecified atom stereocenters. The van der Waals surface area contributed by atoms with Crippen LogP contribution in [0.25, 0.3) is 22.4 Å². The van der Waals surface area contributed by atoms with Gasteiger partial charge in [-0.3, -0.25) is 4.79 Å². The molecule has 4 aromatic rings. The summed E-state index contributed by atoms with van der Waals surface area (Å²) < 4.78 is 38.9. The minimum atomic E-state index is -4.45. The smallest absolute Gasteiger partial charge is 0.416 e. The van der Waals surface area contributed by atoms with Crippen molar-refractivity contribution in [3.8, 4) is 11.4 Å². The minimum Gasteiger partial charge on any atom is -0.426 e. The molecular weight excluding hydrogens is 395 g/mol. The number of aromatic nitrogens is 2. The van der Waals surface area contributed by atoms with Gasteiger partial charge in [0.1, 0.15) is 5.52 Å². The third-order valence-electron chi connectivity index (χ3n) is 4.66. The van der Waals surface area contributed by atoms with E-state index in [1.54, 1.807) is 24.3 Å². The molecule has 0 bridgehead atoms. The van der Waals surface area contributed by atoms with Gasteiger partial charge in [-0.2, -0.15) is 17.9 Å². The first-order chi connectivity index (χ1) is 14.2. The van der Waals surface area contributed by atoms with E-state index in [4.69, 9.17) is 0 Å². The SMILES string of the molecule is Cc1ccc2nc(-c3ccc(NC(=O)c4ccc(C(F)(F)F)cc4)cc3)n(O)c2c1. The second-order valence-corrected chi connectivity index (χ2v) is 6.85. The number of nitrogens with one attached hydrogen (secondary N) is 1. The summed E-state index contributed by atoms with van der Waals surface area (Å²) in [5.41, 5.74) is 2.62. The maximum Gasteiger partial charge on any atom is 0.416 e. The summed E-state index contributed by atoms with van der Waals surface area (Å²) in [6, 6.07) is 16.2. The number of fused-ring (bicyclic) bond motifs is 1. The highest BCUT2D eigenvalue weighted by Crippen LogP contribution is 2.29. The minimum absolute atomic E-state index is 0.111. The van der Waals surface area contributed by atoms with E-state index in [2.05, 4.69) is 10.3 Å². The third kappa shape index (κ3) is 3.71. The van der Waals surface area contributed by atoms with Crippen LogP contribution in [0.4, 0.5) is 18.9 Å². The highest BCUT2D eigenvalue weighted by atomic mass is 19.4. The van der Waals surface area contributed by atoms with E-state index in [0.29, 0.717) is 28.1 Å². The topological polar surface area (TPSA) is 67.2 Å². The van der Waals surface area contributed by atoms with E-state index < -0.39 is 17.6 Å². The van der Waals surface area contributed by atoms with Crippen LogP contribution >= 0.6 is 0 Å². The molecule has 1 amide bonds. The van der Waals surface area contributed by atoms with Crippen LogP contribution in [-0.2, 0) is 6.18 Å². The number of hydrogen-bond acceptors (Lipinski definition) is 3. The van der Waals surface area contributed by atoms with Crippen LogP contribution in [0, 0.1) is 6.92 Å². The average Bonchev–Trinajstić information content (AvgIpc) is 3.04. The monoisotopic (exact) mass is 411 g/mol. The van der Waals surface area contributed by atoms with Crippen LogP contribution in [0.2, 0.25) is 0 Å². The van der Waals surface area contributed by atoms with Crippen molar-refractivity contribution in [2.24, 2.45) is 0 Å². The number of carbonyl (C=O) groups excluding carboxylic acids is 1. The first-order valence-corrected chi connectivity index (χ1v) is 9.00. The van der Waals surface area contributed by atoms with E-state index in [-0.39, 0.29) is 5.56 Å². The van der Waals surface area contributed by atoms with Gasteiger partial charge in [0.15, 0.2) is 5.82 Å². The van der Waals surface area contributed by atoms with Crippen molar-refractivity contribution in [2.45, 2.75) is 13.1 Å². The van der Waals surface area contributed by atoms with Gasteiger partial charge < -0.3 is 10.5 Å². The summed E-state index contributed by atoms with van der Waals surface area (Å²) in [5.74, 6) is -0.169. The summed E-state index contributed by atoms with van der Waals surface area (Å²) in [4.78, 5) is 16.7. The average molecular weight is 411 g/mol. The lowest BCUT2D eigenvalue weighted by Crippen LogP contribution is -2.12. The summed E-state index contributed by atoms with van der Waals surface area (Å²) in [6.07, 6.45) is -4.45. The van der Waals surface area contributed by atoms with Crippen LogP contribution in [0.3, 0.4) is 0 Å². The van der Waals surface area contributed by atoms with Gasteiger partial charge in [-0.25, -0.2) is 4.98 Å². The fraction of sp³-hybridized carbons (Fsp3) is 0.0909. The standard InChI is InChI=1S/C22H16F3N3O2/c1-13-2-11-18-19(12-13)28(30)20(27-18)14-5-9-17(10-6-14)26-21(29)15-3-7-16(8-4-15)22(23,24)25/h2-12,30H,1H3,(H,26,29). The molecule has 0 atom stereocenters. The number of amides is 1. The van der Waals surface area contributed by atoms with E-state index in [9.17, 15) is 23.2 Å². The number of hydrogen-bond donors (Lipinski definition) is 2. The summed E-state index contributed by atoms with van der Waals surface area (Å²) in [6.45, 7) is 1.92. The highest BCUT2D eigenvalue weighted by molar-refractivity contribution is 6.04. The Morgan fingerprint density at radius 1 is 1.00 bits per heavy atom. The van der Waals surface area contributed by atoms with Crippen LogP contribution in [0.5, 0.6) is 0 Å². The van der Waals surface area contributed by atoms with Gasteiger partial charge in [0, 0.05) is 16.8 Å². The number of imidazole rings is 1. The molecule has 30 heavy (non-hydrogen) atoms. The second kappa shape index (κ2) is 7.22. The molecule has 3 aromatic carbocycles. The van der Waals surface area contributed by atoms with Crippen LogP contribution in [0.15, 0.2) is 66.7 Å². The van der Waals surface area contributed by atoms with Crippen molar-refractivity contribution in [3.05, 3.63) is 83.4 Å². The molecule has 0 saturated carbocycles. The van der Waals surface area contributed by atoms with Gasteiger partial charge in [0.25, 0.3) is 5.91 Å². The molecule has 0 radical (unpaired) electrons. The van der Waals surface area contributed by atoms with Gasteiger partial charge in [0.05, 0.1) is 11.1 Å². The largest absolute Gasteiger partial charge is 0.426 e. The molecule has 0 fully saturated rings. The zero-order chi connectivity index (χ0) is 21.5. The molecule has 0 saturated heterocycles. The number of rotatable bonds is 3. The lowest BCUT2D eigenvalue weighted by molar-refractivity contribution is -0.137. The summed E-state index contributed by atoms with van der Waals surface area (Å²) in [7, 11) is 0. The van der Waals surface area contributed by atoms with Crippen molar-refractivity contribution >= 4 is 22.6 Å². The second-order valence-electron chi connectivity index (χ2n) is 6.85. The van der Waals surface area contributed by atoms with E-state index in [0.717, 1.165) is 34.6 Å². The number of benzene rings is 3. The predicted molar refractivity (Wildman–Crippen MR) is 106 cm³/mol. The zero-order valence-electron chi connectivity index (χ0n) is 15.7. The van der Waals surface area contributed by atoms with Crippen molar-refractivity contribution in [1.82, 2.24) is 9.71 Å². The first kappa shape index (κ1) is 19.5.